The minimum Gasteiger partial charge on any atom is -0.332 e. The second-order valence-corrected chi connectivity index (χ2v) is 8.59. The predicted molar refractivity (Wildman–Crippen MR) is 143 cm³/mol. The Morgan fingerprint density at radius 2 is 1.21 bits per heavy atom. The first-order chi connectivity index (χ1) is 16.2. The lowest BCUT2D eigenvalue weighted by atomic mass is 9.99. The van der Waals surface area contributed by atoms with Gasteiger partial charge in [0.25, 0.3) is 0 Å². The average Bonchev–Trinajstić information content (AvgIpc) is 2.84. The monoisotopic (exact) mass is 464 g/mol. The number of fused-ring (bicyclic) bond motifs is 7. The quantitative estimate of drug-likeness (QED) is 0.157. The summed E-state index contributed by atoms with van der Waals surface area (Å²) in [7, 11) is 0. The van der Waals surface area contributed by atoms with E-state index in [0.717, 1.165) is 44.2 Å². The molecule has 0 saturated carbocycles. The van der Waals surface area contributed by atoms with Crippen LogP contribution in [0.25, 0.3) is 43.6 Å². The molecule has 5 aromatic carbocycles. The molecule has 0 bridgehead atoms. The van der Waals surface area contributed by atoms with Crippen molar-refractivity contribution in [2.75, 3.05) is 10.6 Å². The fourth-order valence-corrected chi connectivity index (χ4v) is 4.61. The van der Waals surface area contributed by atoms with Crippen molar-refractivity contribution in [3.8, 4) is 0 Å². The molecule has 0 aliphatic rings. The van der Waals surface area contributed by atoms with Gasteiger partial charge in [0.2, 0.25) is 0 Å². The van der Waals surface area contributed by atoms with Gasteiger partial charge >= 0.3 is 0 Å². The van der Waals surface area contributed by atoms with Crippen molar-refractivity contribution >= 4 is 83.9 Å². The van der Waals surface area contributed by atoms with E-state index in [1.54, 1.807) is 0 Å². The van der Waals surface area contributed by atoms with Gasteiger partial charge in [0.15, 0.2) is 5.11 Å². The van der Waals surface area contributed by atoms with Crippen molar-refractivity contribution in [2.45, 2.75) is 0 Å². The topological polar surface area (TPSA) is 49.8 Å². The van der Waals surface area contributed by atoms with Gasteiger partial charge in [0, 0.05) is 16.5 Å². The fraction of sp³-hybridized carbons (Fsp3) is 0. The van der Waals surface area contributed by atoms with Gasteiger partial charge in [-0.3, -0.25) is 0 Å². The molecule has 0 aliphatic heterocycles. The Kier molecular flexibility index (Phi) is 4.79. The van der Waals surface area contributed by atoms with Gasteiger partial charge in [-0.1, -0.05) is 72.3 Å². The van der Waals surface area contributed by atoms with Crippen LogP contribution in [-0.2, 0) is 0 Å². The van der Waals surface area contributed by atoms with Crippen LogP contribution in [0.2, 0.25) is 5.02 Å². The van der Waals surface area contributed by atoms with Crippen molar-refractivity contribution in [2.24, 2.45) is 0 Å². The second-order valence-electron chi connectivity index (χ2n) is 7.77. The summed E-state index contributed by atoms with van der Waals surface area (Å²) in [6.07, 6.45) is 0. The molecule has 158 valence electrons. The summed E-state index contributed by atoms with van der Waals surface area (Å²) >= 11 is 11.7. The molecule has 0 spiro atoms. The van der Waals surface area contributed by atoms with E-state index in [-0.39, 0.29) is 0 Å². The molecule has 2 N–H and O–H groups in total. The maximum atomic E-state index is 6.23. The van der Waals surface area contributed by atoms with E-state index in [2.05, 4.69) is 47.0 Å². The predicted octanol–water partition coefficient (Wildman–Crippen LogP) is 7.55. The number of hydrogen-bond donors (Lipinski definition) is 2. The zero-order valence-corrected chi connectivity index (χ0v) is 18.9. The number of rotatable bonds is 2. The van der Waals surface area contributed by atoms with E-state index in [4.69, 9.17) is 33.8 Å². The minimum atomic E-state index is 0.452. The van der Waals surface area contributed by atoms with Crippen LogP contribution >= 0.6 is 23.8 Å². The molecular weight excluding hydrogens is 448 g/mol. The third-order valence-electron chi connectivity index (χ3n) is 5.70. The van der Waals surface area contributed by atoms with Gasteiger partial charge in [0.1, 0.15) is 0 Å². The maximum Gasteiger partial charge on any atom is 0.175 e. The summed E-state index contributed by atoms with van der Waals surface area (Å²) in [5.74, 6) is 0. The number of nitrogens with zero attached hydrogens (tertiary/aromatic N) is 2. The van der Waals surface area contributed by atoms with E-state index < -0.39 is 0 Å². The standard InChI is InChI=1S/C27H17ClN4S/c28-21-11-5-6-12-22(21)32-27(33)29-16-13-14-23-24(15-16)31-26-20-10-4-2-8-18(20)17-7-1-3-9-19(17)25(26)30-23/h1-15H,(H2,29,32,33). The number of nitrogens with one attached hydrogen (secondary N) is 2. The lowest BCUT2D eigenvalue weighted by Crippen LogP contribution is -2.19. The second kappa shape index (κ2) is 7.96. The number of hydrogen-bond acceptors (Lipinski definition) is 3. The van der Waals surface area contributed by atoms with Crippen LogP contribution in [0, 0.1) is 0 Å². The van der Waals surface area contributed by atoms with Crippen molar-refractivity contribution in [3.63, 3.8) is 0 Å². The van der Waals surface area contributed by atoms with E-state index in [1.807, 2.05) is 54.6 Å². The molecular formula is C27H17ClN4S. The average molecular weight is 465 g/mol. The maximum absolute atomic E-state index is 6.23. The third-order valence-corrected chi connectivity index (χ3v) is 6.23. The number of anilines is 2. The Hall–Kier alpha value is -3.80. The summed E-state index contributed by atoms with van der Waals surface area (Å²) in [4.78, 5) is 10.0. The largest absolute Gasteiger partial charge is 0.332 e. The number of para-hydroxylation sites is 1. The van der Waals surface area contributed by atoms with Gasteiger partial charge in [-0.2, -0.15) is 0 Å². The highest BCUT2D eigenvalue weighted by Gasteiger charge is 2.12. The van der Waals surface area contributed by atoms with Gasteiger partial charge in [-0.25, -0.2) is 9.97 Å². The highest BCUT2D eigenvalue weighted by atomic mass is 35.5. The molecule has 0 radical (unpaired) electrons. The van der Waals surface area contributed by atoms with Crippen molar-refractivity contribution in [1.29, 1.82) is 0 Å². The Balaban J connectivity index is 1.45. The van der Waals surface area contributed by atoms with Crippen LogP contribution in [-0.4, -0.2) is 15.1 Å². The zero-order valence-electron chi connectivity index (χ0n) is 17.3. The first-order valence-corrected chi connectivity index (χ1v) is 11.3. The fourth-order valence-electron chi connectivity index (χ4n) is 4.20. The van der Waals surface area contributed by atoms with Gasteiger partial charge in [0.05, 0.1) is 32.8 Å². The van der Waals surface area contributed by atoms with Crippen LogP contribution < -0.4 is 10.6 Å². The molecule has 0 atom stereocenters. The molecule has 0 unspecified atom stereocenters. The normalized spacial score (nSPS) is 11.3. The van der Waals surface area contributed by atoms with E-state index in [1.165, 1.54) is 10.8 Å². The van der Waals surface area contributed by atoms with Crippen LogP contribution in [0.1, 0.15) is 0 Å². The zero-order chi connectivity index (χ0) is 22.4. The van der Waals surface area contributed by atoms with Gasteiger partial charge in [-0.05, 0) is 53.3 Å². The van der Waals surface area contributed by atoms with Gasteiger partial charge < -0.3 is 10.6 Å². The van der Waals surface area contributed by atoms with E-state index in [9.17, 15) is 0 Å². The SMILES string of the molecule is S=C(Nc1ccc2nc3c4ccccc4c4ccccc4c3nc2c1)Nc1ccccc1Cl. The van der Waals surface area contributed by atoms with Gasteiger partial charge in [-0.15, -0.1) is 0 Å². The smallest absolute Gasteiger partial charge is 0.175 e. The van der Waals surface area contributed by atoms with Crippen molar-refractivity contribution < 1.29 is 0 Å². The molecule has 0 saturated heterocycles. The number of thiocarbonyl (C=S) groups is 1. The number of halogens is 1. The molecule has 6 heteroatoms. The Morgan fingerprint density at radius 3 is 1.88 bits per heavy atom. The first-order valence-electron chi connectivity index (χ1n) is 10.5. The Labute approximate surface area is 200 Å². The summed E-state index contributed by atoms with van der Waals surface area (Å²) < 4.78 is 0. The summed E-state index contributed by atoms with van der Waals surface area (Å²) in [6, 6.07) is 30.1. The molecule has 0 fully saturated rings. The Bertz CT molecular complexity index is 1710. The third kappa shape index (κ3) is 3.52. The molecule has 1 aromatic heterocycles. The summed E-state index contributed by atoms with van der Waals surface area (Å²) in [5.41, 5.74) is 5.01. The van der Waals surface area contributed by atoms with Crippen molar-refractivity contribution in [1.82, 2.24) is 9.97 Å². The van der Waals surface area contributed by atoms with Crippen LogP contribution in [0.5, 0.6) is 0 Å². The summed E-state index contributed by atoms with van der Waals surface area (Å²) in [5, 5.41) is 12.0. The minimum absolute atomic E-state index is 0.452. The molecule has 1 heterocycles. The molecule has 33 heavy (non-hydrogen) atoms. The van der Waals surface area contributed by atoms with E-state index in [0.29, 0.717) is 10.1 Å². The van der Waals surface area contributed by atoms with E-state index >= 15 is 0 Å². The molecule has 0 amide bonds. The number of aromatic nitrogens is 2. The first kappa shape index (κ1) is 19.9. The Morgan fingerprint density at radius 1 is 0.636 bits per heavy atom. The molecule has 6 rings (SSSR count). The lowest BCUT2D eigenvalue weighted by molar-refractivity contribution is 1.41. The summed E-state index contributed by atoms with van der Waals surface area (Å²) in [6.45, 7) is 0. The van der Waals surface area contributed by atoms with Crippen LogP contribution in [0.4, 0.5) is 11.4 Å². The number of benzene rings is 5. The highest BCUT2D eigenvalue weighted by Crippen LogP contribution is 2.34. The molecule has 4 nitrogen and oxygen atoms in total. The lowest BCUT2D eigenvalue weighted by Gasteiger charge is -2.13. The molecule has 0 aliphatic carbocycles. The van der Waals surface area contributed by atoms with Crippen LogP contribution in [0.15, 0.2) is 91.0 Å². The van der Waals surface area contributed by atoms with Crippen LogP contribution in [0.3, 0.4) is 0 Å². The van der Waals surface area contributed by atoms with Crippen molar-refractivity contribution in [3.05, 3.63) is 96.0 Å². The highest BCUT2D eigenvalue weighted by molar-refractivity contribution is 7.80. The molecule has 6 aromatic rings.